The third-order valence-electron chi connectivity index (χ3n) is 2.45. The van der Waals surface area contributed by atoms with Gasteiger partial charge in [-0.1, -0.05) is 88.8 Å². The molecule has 0 saturated carbocycles. The van der Waals surface area contributed by atoms with E-state index in [1.165, 1.54) is 21.7 Å². The monoisotopic (exact) mass is 314 g/mol. The fraction of sp³-hybridized carbons (Fsp3) is 0.333. The highest BCUT2D eigenvalue weighted by Crippen LogP contribution is 2.26. The largest absolute Gasteiger partial charge is 0.141 e. The van der Waals surface area contributed by atoms with Crippen LogP contribution in [-0.2, 0) is 0 Å². The van der Waals surface area contributed by atoms with Crippen LogP contribution in [0.15, 0.2) is 66.8 Å². The summed E-state index contributed by atoms with van der Waals surface area (Å²) in [5.41, 5.74) is 1.32. The Kier molecular flexibility index (Phi) is 13.3. The molecule has 0 aliphatic heterocycles. The minimum Gasteiger partial charge on any atom is -0.141 e. The molecule has 0 bridgehead atoms. The van der Waals surface area contributed by atoms with Crippen molar-refractivity contribution >= 4 is 11.3 Å². The lowest BCUT2D eigenvalue weighted by Crippen LogP contribution is -1.67. The maximum absolute atomic E-state index is 2.18. The van der Waals surface area contributed by atoms with Crippen molar-refractivity contribution in [2.45, 2.75) is 47.5 Å². The molecular formula is C21H30S. The lowest BCUT2D eigenvalue weighted by atomic mass is 10.2. The van der Waals surface area contributed by atoms with Crippen molar-refractivity contribution in [1.29, 1.82) is 0 Å². The van der Waals surface area contributed by atoms with E-state index >= 15 is 0 Å². The predicted molar refractivity (Wildman–Crippen MR) is 105 cm³/mol. The first-order valence-corrected chi connectivity index (χ1v) is 9.03. The molecule has 0 saturated heterocycles. The van der Waals surface area contributed by atoms with Gasteiger partial charge < -0.3 is 0 Å². The van der Waals surface area contributed by atoms with Crippen LogP contribution in [0, 0.1) is 6.92 Å². The van der Waals surface area contributed by atoms with Crippen molar-refractivity contribution in [1.82, 2.24) is 0 Å². The van der Waals surface area contributed by atoms with Gasteiger partial charge in [-0.2, -0.15) is 0 Å². The van der Waals surface area contributed by atoms with Crippen molar-refractivity contribution in [2.75, 3.05) is 0 Å². The summed E-state index contributed by atoms with van der Waals surface area (Å²) in [4.78, 5) is 2.72. The van der Waals surface area contributed by atoms with Gasteiger partial charge in [-0.25, -0.2) is 0 Å². The van der Waals surface area contributed by atoms with E-state index in [2.05, 4.69) is 81.5 Å². The van der Waals surface area contributed by atoms with E-state index in [0.29, 0.717) is 0 Å². The molecule has 3 rings (SSSR count). The molecule has 0 N–H and O–H groups in total. The maximum Gasteiger partial charge on any atom is 0.0345 e. The zero-order chi connectivity index (χ0) is 16.6. The maximum atomic E-state index is 2.18. The molecule has 1 aromatic carbocycles. The minimum atomic E-state index is 1.14. The van der Waals surface area contributed by atoms with E-state index < -0.39 is 0 Å². The predicted octanol–water partition coefficient (Wildman–Crippen LogP) is 7.67. The molecule has 0 radical (unpaired) electrons. The van der Waals surface area contributed by atoms with Gasteiger partial charge in [0.05, 0.1) is 0 Å². The molecule has 0 nitrogen and oxygen atoms in total. The molecule has 1 aromatic heterocycles. The first-order valence-electron chi connectivity index (χ1n) is 8.21. The molecule has 0 fully saturated rings. The van der Waals surface area contributed by atoms with Crippen molar-refractivity contribution in [2.24, 2.45) is 0 Å². The number of aryl methyl sites for hydroxylation is 1. The summed E-state index contributed by atoms with van der Waals surface area (Å²) in [7, 11) is 0. The lowest BCUT2D eigenvalue weighted by Gasteiger charge is -1.93. The van der Waals surface area contributed by atoms with Crippen molar-refractivity contribution in [3.63, 3.8) is 0 Å². The molecule has 0 atom stereocenters. The van der Waals surface area contributed by atoms with E-state index in [0.717, 1.165) is 6.42 Å². The zero-order valence-corrected chi connectivity index (χ0v) is 15.5. The summed E-state index contributed by atoms with van der Waals surface area (Å²) < 4.78 is 0. The van der Waals surface area contributed by atoms with Gasteiger partial charge in [-0.3, -0.25) is 0 Å². The molecule has 1 heterocycles. The lowest BCUT2D eigenvalue weighted by molar-refractivity contribution is 1.09. The first-order chi connectivity index (χ1) is 10.8. The molecule has 1 aliphatic rings. The van der Waals surface area contributed by atoms with Crippen molar-refractivity contribution < 1.29 is 0 Å². The van der Waals surface area contributed by atoms with Crippen LogP contribution in [0.25, 0.3) is 10.4 Å². The second kappa shape index (κ2) is 14.3. The van der Waals surface area contributed by atoms with Crippen LogP contribution in [0.5, 0.6) is 0 Å². The summed E-state index contributed by atoms with van der Waals surface area (Å²) in [6.07, 6.45) is 10.8. The van der Waals surface area contributed by atoms with Gasteiger partial charge in [0.25, 0.3) is 0 Å². The van der Waals surface area contributed by atoms with Crippen LogP contribution in [0.1, 0.15) is 45.4 Å². The van der Waals surface area contributed by atoms with E-state index in [-0.39, 0.29) is 0 Å². The normalized spacial score (nSPS) is 10.6. The Hall–Kier alpha value is -1.60. The minimum absolute atomic E-state index is 1.14. The standard InChI is InChI=1S/C11H10S.C5H6.C3H8.C2H6/c1-9-7-8-11(12-9)10-5-3-2-4-6-10;1-2-4-5-3-1;1-3-2;1-2/h2-8H,1H3;1-4H,5H2;3H2,1-2H3;1-2H3. The third-order valence-corrected chi connectivity index (χ3v) is 3.50. The van der Waals surface area contributed by atoms with E-state index in [1.54, 1.807) is 0 Å². The van der Waals surface area contributed by atoms with Gasteiger partial charge in [0.2, 0.25) is 0 Å². The Morgan fingerprint density at radius 2 is 1.41 bits per heavy atom. The summed E-state index contributed by atoms with van der Waals surface area (Å²) in [5, 5.41) is 0. The highest BCUT2D eigenvalue weighted by Gasteiger charge is 1.97. The van der Waals surface area contributed by atoms with Crippen LogP contribution in [0.2, 0.25) is 0 Å². The molecule has 0 amide bonds. The van der Waals surface area contributed by atoms with Crippen LogP contribution < -0.4 is 0 Å². The zero-order valence-electron chi connectivity index (χ0n) is 14.7. The quantitative estimate of drug-likeness (QED) is 0.506. The van der Waals surface area contributed by atoms with Gasteiger partial charge >= 0.3 is 0 Å². The highest BCUT2D eigenvalue weighted by molar-refractivity contribution is 7.15. The van der Waals surface area contributed by atoms with Crippen LogP contribution in [-0.4, -0.2) is 0 Å². The Morgan fingerprint density at radius 3 is 1.77 bits per heavy atom. The number of allylic oxidation sites excluding steroid dienone is 4. The SMILES string of the molecule is C1=CCC=C1.CC.CCC.Cc1ccc(-c2ccccc2)s1. The Bertz CT molecular complexity index is 508. The molecule has 120 valence electrons. The number of rotatable bonds is 1. The molecule has 1 aliphatic carbocycles. The topological polar surface area (TPSA) is 0 Å². The van der Waals surface area contributed by atoms with Gasteiger partial charge in [0.1, 0.15) is 0 Å². The van der Waals surface area contributed by atoms with Crippen molar-refractivity contribution in [3.8, 4) is 10.4 Å². The van der Waals surface area contributed by atoms with E-state index in [4.69, 9.17) is 0 Å². The highest BCUT2D eigenvalue weighted by atomic mass is 32.1. The summed E-state index contributed by atoms with van der Waals surface area (Å²) in [6.45, 7) is 10.4. The fourth-order valence-electron chi connectivity index (χ4n) is 1.58. The number of thiophene rings is 1. The molecule has 1 heteroatoms. The average molecular weight is 315 g/mol. The Labute approximate surface area is 141 Å². The smallest absolute Gasteiger partial charge is 0.0345 e. The van der Waals surface area contributed by atoms with Crippen LogP contribution in [0.4, 0.5) is 0 Å². The average Bonchev–Trinajstić information content (AvgIpc) is 3.25. The fourth-order valence-corrected chi connectivity index (χ4v) is 2.46. The van der Waals surface area contributed by atoms with E-state index in [9.17, 15) is 0 Å². The van der Waals surface area contributed by atoms with E-state index in [1.807, 2.05) is 31.3 Å². The second-order valence-corrected chi connectivity index (χ2v) is 5.86. The third kappa shape index (κ3) is 9.36. The molecule has 0 spiro atoms. The number of hydrogen-bond donors (Lipinski definition) is 0. The van der Waals surface area contributed by atoms with Gasteiger partial charge in [0.15, 0.2) is 0 Å². The first kappa shape index (κ1) is 20.4. The van der Waals surface area contributed by atoms with Gasteiger partial charge in [-0.05, 0) is 31.0 Å². The molecular weight excluding hydrogens is 284 g/mol. The van der Waals surface area contributed by atoms with Crippen molar-refractivity contribution in [3.05, 3.63) is 71.6 Å². The van der Waals surface area contributed by atoms with Crippen LogP contribution in [0.3, 0.4) is 0 Å². The summed E-state index contributed by atoms with van der Waals surface area (Å²) in [6, 6.07) is 14.8. The number of hydrogen-bond acceptors (Lipinski definition) is 1. The van der Waals surface area contributed by atoms with Gasteiger partial charge in [0, 0.05) is 9.75 Å². The summed E-state index contributed by atoms with van der Waals surface area (Å²) in [5.74, 6) is 0. The summed E-state index contributed by atoms with van der Waals surface area (Å²) >= 11 is 1.84. The molecule has 2 aromatic rings. The van der Waals surface area contributed by atoms with Gasteiger partial charge in [-0.15, -0.1) is 11.3 Å². The molecule has 0 unspecified atom stereocenters. The van der Waals surface area contributed by atoms with Crippen LogP contribution >= 0.6 is 11.3 Å². The molecule has 22 heavy (non-hydrogen) atoms. The number of benzene rings is 1. The second-order valence-electron chi connectivity index (χ2n) is 4.58. The Balaban J connectivity index is 0.000000367. The Morgan fingerprint density at radius 1 is 0.864 bits per heavy atom.